The van der Waals surface area contributed by atoms with E-state index in [0.717, 1.165) is 17.8 Å². The van der Waals surface area contributed by atoms with Crippen LogP contribution in [0, 0.1) is 24.7 Å². The lowest BCUT2D eigenvalue weighted by atomic mass is 9.80. The number of hydrogen-bond acceptors (Lipinski definition) is 0. The third-order valence-electron chi connectivity index (χ3n) is 3.43. The van der Waals surface area contributed by atoms with Crippen LogP contribution in [-0.2, 0) is 6.42 Å². The van der Waals surface area contributed by atoms with Crippen LogP contribution < -0.4 is 0 Å². The summed E-state index contributed by atoms with van der Waals surface area (Å²) in [7, 11) is 0. The Labute approximate surface area is 94.7 Å². The van der Waals surface area contributed by atoms with Crippen molar-refractivity contribution < 1.29 is 0 Å². The van der Waals surface area contributed by atoms with Gasteiger partial charge in [-0.15, -0.1) is 0 Å². The minimum Gasteiger partial charge on any atom is -0.0625 e. The van der Waals surface area contributed by atoms with E-state index in [1.165, 1.54) is 17.5 Å². The highest BCUT2D eigenvalue weighted by Crippen LogP contribution is 2.26. The molecule has 0 saturated carbocycles. The Balaban J connectivity index is 2.79. The molecule has 0 nitrogen and oxygen atoms in total. The van der Waals surface area contributed by atoms with Crippen LogP contribution in [0.2, 0.25) is 0 Å². The maximum Gasteiger partial charge on any atom is -0.0243 e. The summed E-state index contributed by atoms with van der Waals surface area (Å²) in [5.41, 5.74) is 2.95. The molecule has 0 aromatic heterocycles. The average Bonchev–Trinajstić information content (AvgIpc) is 2.15. The van der Waals surface area contributed by atoms with Crippen molar-refractivity contribution in [3.05, 3.63) is 35.4 Å². The first-order valence-electron chi connectivity index (χ1n) is 6.07. The summed E-state index contributed by atoms with van der Waals surface area (Å²) < 4.78 is 0. The second-order valence-electron chi connectivity index (χ2n) is 5.28. The van der Waals surface area contributed by atoms with E-state index in [9.17, 15) is 0 Å². The molecule has 0 aliphatic rings. The molecule has 0 atom stereocenters. The Bertz CT molecular complexity index is 289. The molecule has 0 aliphatic carbocycles. The highest BCUT2D eigenvalue weighted by atomic mass is 14.2. The Kier molecular flexibility index (Phi) is 4.38. The van der Waals surface area contributed by atoms with Crippen LogP contribution in [0.5, 0.6) is 0 Å². The molecule has 0 amide bonds. The second kappa shape index (κ2) is 5.34. The quantitative estimate of drug-likeness (QED) is 0.679. The predicted molar refractivity (Wildman–Crippen MR) is 68.0 cm³/mol. The zero-order valence-corrected chi connectivity index (χ0v) is 10.7. The lowest BCUT2D eigenvalue weighted by Crippen LogP contribution is -2.18. The minimum atomic E-state index is 0.768. The van der Waals surface area contributed by atoms with Gasteiger partial charge in [0.1, 0.15) is 0 Å². The second-order valence-corrected chi connectivity index (χ2v) is 5.28. The zero-order chi connectivity index (χ0) is 11.4. The molecule has 0 bridgehead atoms. The van der Waals surface area contributed by atoms with Gasteiger partial charge in [0.25, 0.3) is 0 Å². The molecule has 0 unspecified atom stereocenters. The van der Waals surface area contributed by atoms with Crippen LogP contribution in [-0.4, -0.2) is 0 Å². The smallest absolute Gasteiger partial charge is 0.0243 e. The van der Waals surface area contributed by atoms with E-state index in [1.54, 1.807) is 0 Å². The van der Waals surface area contributed by atoms with Gasteiger partial charge < -0.3 is 0 Å². The number of aryl methyl sites for hydroxylation is 1. The van der Waals surface area contributed by atoms with Gasteiger partial charge in [0, 0.05) is 0 Å². The SMILES string of the molecule is Cc1ccccc1CC(C(C)C)C(C)C. The van der Waals surface area contributed by atoms with Gasteiger partial charge in [-0.3, -0.25) is 0 Å². The predicted octanol–water partition coefficient (Wildman–Crippen LogP) is 4.47. The van der Waals surface area contributed by atoms with Gasteiger partial charge >= 0.3 is 0 Å². The Morgan fingerprint density at radius 2 is 1.47 bits per heavy atom. The van der Waals surface area contributed by atoms with Gasteiger partial charge in [0.05, 0.1) is 0 Å². The molecule has 0 aliphatic heterocycles. The summed E-state index contributed by atoms with van der Waals surface area (Å²) in [5.74, 6) is 2.33. The molecule has 15 heavy (non-hydrogen) atoms. The van der Waals surface area contributed by atoms with E-state index in [2.05, 4.69) is 58.9 Å². The number of benzene rings is 1. The monoisotopic (exact) mass is 204 g/mol. The van der Waals surface area contributed by atoms with Crippen molar-refractivity contribution in [3.63, 3.8) is 0 Å². The molecule has 1 aromatic carbocycles. The number of rotatable bonds is 4. The maximum absolute atomic E-state index is 2.34. The van der Waals surface area contributed by atoms with Gasteiger partial charge in [0.2, 0.25) is 0 Å². The lowest BCUT2D eigenvalue weighted by Gasteiger charge is -2.25. The molecule has 84 valence electrons. The van der Waals surface area contributed by atoms with Crippen LogP contribution in [0.25, 0.3) is 0 Å². The summed E-state index contributed by atoms with van der Waals surface area (Å²) >= 11 is 0. The molecule has 1 aromatic rings. The van der Waals surface area contributed by atoms with Crippen LogP contribution in [0.4, 0.5) is 0 Å². The van der Waals surface area contributed by atoms with Crippen LogP contribution in [0.3, 0.4) is 0 Å². The first-order chi connectivity index (χ1) is 7.02. The first kappa shape index (κ1) is 12.3. The summed E-state index contributed by atoms with van der Waals surface area (Å²) in [4.78, 5) is 0. The van der Waals surface area contributed by atoms with Gasteiger partial charge in [0.15, 0.2) is 0 Å². The molecule has 0 heterocycles. The van der Waals surface area contributed by atoms with Crippen molar-refractivity contribution in [2.24, 2.45) is 17.8 Å². The number of hydrogen-bond donors (Lipinski definition) is 0. The molecular weight excluding hydrogens is 180 g/mol. The summed E-state index contributed by atoms with van der Waals surface area (Å²) in [6, 6.07) is 8.76. The molecule has 0 radical (unpaired) electrons. The third-order valence-corrected chi connectivity index (χ3v) is 3.43. The molecule has 0 saturated heterocycles. The average molecular weight is 204 g/mol. The van der Waals surface area contributed by atoms with E-state index in [-0.39, 0.29) is 0 Å². The van der Waals surface area contributed by atoms with Crippen molar-refractivity contribution in [2.75, 3.05) is 0 Å². The summed E-state index contributed by atoms with van der Waals surface area (Å²) in [6.45, 7) is 11.6. The minimum absolute atomic E-state index is 0.768. The molecule has 0 spiro atoms. The molecule has 0 fully saturated rings. The Morgan fingerprint density at radius 1 is 0.933 bits per heavy atom. The van der Waals surface area contributed by atoms with Crippen molar-refractivity contribution >= 4 is 0 Å². The standard InChI is InChI=1S/C15H24/c1-11(2)15(12(3)4)10-14-9-7-6-8-13(14)5/h6-9,11-12,15H,10H2,1-5H3. The van der Waals surface area contributed by atoms with Gasteiger partial charge in [-0.2, -0.15) is 0 Å². The zero-order valence-electron chi connectivity index (χ0n) is 10.7. The maximum atomic E-state index is 2.34. The normalized spacial score (nSPS) is 11.7. The molecule has 0 N–H and O–H groups in total. The first-order valence-corrected chi connectivity index (χ1v) is 6.07. The topological polar surface area (TPSA) is 0 Å². The molecule has 0 heteroatoms. The third kappa shape index (κ3) is 3.37. The van der Waals surface area contributed by atoms with E-state index in [4.69, 9.17) is 0 Å². The van der Waals surface area contributed by atoms with Gasteiger partial charge in [-0.1, -0.05) is 52.0 Å². The van der Waals surface area contributed by atoms with E-state index >= 15 is 0 Å². The highest BCUT2D eigenvalue weighted by molar-refractivity contribution is 5.26. The Hall–Kier alpha value is -0.780. The van der Waals surface area contributed by atoms with Gasteiger partial charge in [-0.05, 0) is 42.2 Å². The van der Waals surface area contributed by atoms with Crippen LogP contribution in [0.15, 0.2) is 24.3 Å². The fourth-order valence-electron chi connectivity index (χ4n) is 2.33. The van der Waals surface area contributed by atoms with E-state index in [0.29, 0.717) is 0 Å². The molecular formula is C15H24. The van der Waals surface area contributed by atoms with Crippen LogP contribution >= 0.6 is 0 Å². The van der Waals surface area contributed by atoms with Crippen molar-refractivity contribution in [1.82, 2.24) is 0 Å². The summed E-state index contributed by atoms with van der Waals surface area (Å²) in [5, 5.41) is 0. The Morgan fingerprint density at radius 3 is 1.93 bits per heavy atom. The van der Waals surface area contributed by atoms with Gasteiger partial charge in [-0.25, -0.2) is 0 Å². The highest BCUT2D eigenvalue weighted by Gasteiger charge is 2.18. The lowest BCUT2D eigenvalue weighted by molar-refractivity contribution is 0.286. The fourth-order valence-corrected chi connectivity index (χ4v) is 2.33. The van der Waals surface area contributed by atoms with E-state index in [1.807, 2.05) is 0 Å². The largest absolute Gasteiger partial charge is 0.0625 e. The van der Waals surface area contributed by atoms with Crippen molar-refractivity contribution in [1.29, 1.82) is 0 Å². The van der Waals surface area contributed by atoms with Crippen LogP contribution in [0.1, 0.15) is 38.8 Å². The van der Waals surface area contributed by atoms with Crippen molar-refractivity contribution in [2.45, 2.75) is 41.0 Å². The van der Waals surface area contributed by atoms with E-state index < -0.39 is 0 Å². The molecule has 1 rings (SSSR count). The fraction of sp³-hybridized carbons (Fsp3) is 0.600. The summed E-state index contributed by atoms with van der Waals surface area (Å²) in [6.07, 6.45) is 1.22. The van der Waals surface area contributed by atoms with Crippen molar-refractivity contribution in [3.8, 4) is 0 Å².